The Bertz CT molecular complexity index is 861. The summed E-state index contributed by atoms with van der Waals surface area (Å²) in [5.41, 5.74) is 0.866. The number of carboxylic acids is 1. The third-order valence-corrected chi connectivity index (χ3v) is 5.36. The van der Waals surface area contributed by atoms with Crippen LogP contribution in [-0.2, 0) is 14.8 Å². The fraction of sp³-hybridized carbons (Fsp3) is 0.235. The minimum absolute atomic E-state index is 0.0112. The van der Waals surface area contributed by atoms with Gasteiger partial charge in [0.15, 0.2) is 0 Å². The molecule has 0 aromatic heterocycles. The van der Waals surface area contributed by atoms with Crippen molar-refractivity contribution in [1.82, 2.24) is 0 Å². The lowest BCUT2D eigenvalue weighted by atomic mass is 10.2. The van der Waals surface area contributed by atoms with E-state index in [4.69, 9.17) is 14.6 Å². The average molecular weight is 365 g/mol. The lowest BCUT2D eigenvalue weighted by molar-refractivity contribution is -0.135. The van der Waals surface area contributed by atoms with Gasteiger partial charge >= 0.3 is 5.97 Å². The number of aryl methyl sites for hydroxylation is 1. The van der Waals surface area contributed by atoms with E-state index in [1.54, 1.807) is 19.1 Å². The quantitative estimate of drug-likeness (QED) is 0.809. The van der Waals surface area contributed by atoms with Gasteiger partial charge in [-0.25, -0.2) is 8.42 Å². The molecule has 0 saturated carbocycles. The summed E-state index contributed by atoms with van der Waals surface area (Å²) in [6.07, 6.45) is 0. The van der Waals surface area contributed by atoms with Gasteiger partial charge in [-0.2, -0.15) is 0 Å². The normalized spacial score (nSPS) is 11.0. The first kappa shape index (κ1) is 18.6. The van der Waals surface area contributed by atoms with E-state index in [1.165, 1.54) is 44.6 Å². The number of hydrogen-bond donors (Lipinski definition) is 1. The van der Waals surface area contributed by atoms with Gasteiger partial charge < -0.3 is 14.6 Å². The Morgan fingerprint density at radius 3 is 2.20 bits per heavy atom. The molecule has 0 atom stereocenters. The van der Waals surface area contributed by atoms with E-state index in [1.807, 2.05) is 0 Å². The van der Waals surface area contributed by atoms with Crippen LogP contribution in [0.25, 0.3) is 0 Å². The van der Waals surface area contributed by atoms with E-state index in [0.29, 0.717) is 17.1 Å². The van der Waals surface area contributed by atoms with Gasteiger partial charge in [0.25, 0.3) is 10.0 Å². The topological polar surface area (TPSA) is 93.1 Å². The van der Waals surface area contributed by atoms with Crippen molar-refractivity contribution in [2.45, 2.75) is 11.8 Å². The highest BCUT2D eigenvalue weighted by molar-refractivity contribution is 7.92. The number of nitrogens with zero attached hydrogens (tertiary/aromatic N) is 1. The molecular formula is C17H19NO6S. The number of aliphatic carboxylic acids is 1. The molecule has 2 rings (SSSR count). The number of carboxylic acid groups (broad SMARTS) is 1. The molecule has 0 fully saturated rings. The van der Waals surface area contributed by atoms with Crippen LogP contribution in [0, 0.1) is 6.92 Å². The monoisotopic (exact) mass is 365 g/mol. The second-order valence-electron chi connectivity index (χ2n) is 5.23. The zero-order valence-corrected chi connectivity index (χ0v) is 14.9. The lowest BCUT2D eigenvalue weighted by Crippen LogP contribution is -2.35. The molecule has 0 saturated heterocycles. The molecule has 7 nitrogen and oxygen atoms in total. The van der Waals surface area contributed by atoms with Gasteiger partial charge in [0.2, 0.25) is 0 Å². The summed E-state index contributed by atoms with van der Waals surface area (Å²) in [7, 11) is -1.08. The molecule has 8 heteroatoms. The molecule has 0 aliphatic rings. The van der Waals surface area contributed by atoms with E-state index in [2.05, 4.69) is 0 Å². The van der Waals surface area contributed by atoms with Crippen molar-refractivity contribution in [3.8, 4) is 11.5 Å². The molecule has 0 heterocycles. The van der Waals surface area contributed by atoms with E-state index in [-0.39, 0.29) is 10.6 Å². The number of benzene rings is 2. The molecular weight excluding hydrogens is 346 g/mol. The Labute approximate surface area is 146 Å². The third-order valence-electron chi connectivity index (χ3n) is 3.59. The Kier molecular flexibility index (Phi) is 5.53. The highest BCUT2D eigenvalue weighted by Gasteiger charge is 2.27. The minimum atomic E-state index is -4.06. The van der Waals surface area contributed by atoms with Crippen molar-refractivity contribution in [3.63, 3.8) is 0 Å². The van der Waals surface area contributed by atoms with Crippen LogP contribution >= 0.6 is 0 Å². The van der Waals surface area contributed by atoms with Crippen molar-refractivity contribution < 1.29 is 27.8 Å². The molecule has 0 aliphatic carbocycles. The Hall–Kier alpha value is -2.74. The first-order valence-corrected chi connectivity index (χ1v) is 8.77. The first-order valence-electron chi connectivity index (χ1n) is 7.33. The molecule has 0 amide bonds. The summed E-state index contributed by atoms with van der Waals surface area (Å²) in [5, 5.41) is 9.14. The van der Waals surface area contributed by atoms with Crippen LogP contribution in [0.4, 0.5) is 5.69 Å². The minimum Gasteiger partial charge on any atom is -0.497 e. The molecule has 0 spiro atoms. The van der Waals surface area contributed by atoms with Crippen LogP contribution in [-0.4, -0.2) is 40.3 Å². The molecule has 0 unspecified atom stereocenters. The van der Waals surface area contributed by atoms with Crippen molar-refractivity contribution in [3.05, 3.63) is 48.0 Å². The molecule has 2 aromatic rings. The SMILES string of the molecule is COc1ccc(N(CC(=O)O)S(=O)(=O)c2ccc(OC)c(C)c2)cc1. The summed E-state index contributed by atoms with van der Waals surface area (Å²) in [6, 6.07) is 10.5. The highest BCUT2D eigenvalue weighted by atomic mass is 32.2. The van der Waals surface area contributed by atoms with E-state index in [0.717, 1.165) is 4.31 Å². The van der Waals surface area contributed by atoms with Gasteiger partial charge in [-0.05, 0) is 55.0 Å². The second-order valence-corrected chi connectivity index (χ2v) is 7.10. The predicted octanol–water partition coefficient (Wildman–Crippen LogP) is 2.29. The van der Waals surface area contributed by atoms with Crippen molar-refractivity contribution >= 4 is 21.7 Å². The average Bonchev–Trinajstić information content (AvgIpc) is 2.59. The van der Waals surface area contributed by atoms with E-state index in [9.17, 15) is 13.2 Å². The molecule has 25 heavy (non-hydrogen) atoms. The Morgan fingerprint density at radius 2 is 1.72 bits per heavy atom. The lowest BCUT2D eigenvalue weighted by Gasteiger charge is -2.23. The molecule has 1 N–H and O–H groups in total. The smallest absolute Gasteiger partial charge is 0.324 e. The van der Waals surface area contributed by atoms with Gasteiger partial charge in [-0.15, -0.1) is 0 Å². The first-order chi connectivity index (χ1) is 11.8. The summed E-state index contributed by atoms with van der Waals surface area (Å²) >= 11 is 0. The number of hydrogen-bond acceptors (Lipinski definition) is 5. The number of methoxy groups -OCH3 is 2. The number of sulfonamides is 1. The zero-order chi connectivity index (χ0) is 18.6. The van der Waals surface area contributed by atoms with Crippen LogP contribution in [0.15, 0.2) is 47.4 Å². The number of carbonyl (C=O) groups is 1. The summed E-state index contributed by atoms with van der Waals surface area (Å²) in [6.45, 7) is 1.02. The van der Waals surface area contributed by atoms with Gasteiger partial charge in [0.05, 0.1) is 24.8 Å². The highest BCUT2D eigenvalue weighted by Crippen LogP contribution is 2.28. The van der Waals surface area contributed by atoms with Gasteiger partial charge in [-0.3, -0.25) is 9.10 Å². The molecule has 0 aliphatic heterocycles. The van der Waals surface area contributed by atoms with Crippen LogP contribution in [0.5, 0.6) is 11.5 Å². The van der Waals surface area contributed by atoms with Gasteiger partial charge in [0, 0.05) is 0 Å². The maximum atomic E-state index is 13.0. The maximum Gasteiger partial charge on any atom is 0.324 e. The Balaban J connectivity index is 2.51. The Morgan fingerprint density at radius 1 is 1.08 bits per heavy atom. The van der Waals surface area contributed by atoms with Gasteiger partial charge in [-0.1, -0.05) is 0 Å². The van der Waals surface area contributed by atoms with Crippen LogP contribution in [0.2, 0.25) is 0 Å². The van der Waals surface area contributed by atoms with Crippen molar-refractivity contribution in [1.29, 1.82) is 0 Å². The fourth-order valence-electron chi connectivity index (χ4n) is 2.32. The third kappa shape index (κ3) is 4.03. The number of ether oxygens (including phenoxy) is 2. The number of rotatable bonds is 7. The largest absolute Gasteiger partial charge is 0.497 e. The number of anilines is 1. The van der Waals surface area contributed by atoms with Gasteiger partial charge in [0.1, 0.15) is 18.0 Å². The summed E-state index contributed by atoms with van der Waals surface area (Å²) in [4.78, 5) is 11.2. The maximum absolute atomic E-state index is 13.0. The van der Waals surface area contributed by atoms with Crippen LogP contribution in [0.1, 0.15) is 5.56 Å². The summed E-state index contributed by atoms with van der Waals surface area (Å²) < 4.78 is 36.9. The summed E-state index contributed by atoms with van der Waals surface area (Å²) in [5.74, 6) is -0.172. The van der Waals surface area contributed by atoms with Crippen molar-refractivity contribution in [2.24, 2.45) is 0 Å². The van der Waals surface area contributed by atoms with Crippen molar-refractivity contribution in [2.75, 3.05) is 25.1 Å². The van der Waals surface area contributed by atoms with Crippen LogP contribution in [0.3, 0.4) is 0 Å². The fourth-order valence-corrected chi connectivity index (χ4v) is 3.82. The molecule has 134 valence electrons. The molecule has 2 aromatic carbocycles. The van der Waals surface area contributed by atoms with E-state index >= 15 is 0 Å². The van der Waals surface area contributed by atoms with Crippen LogP contribution < -0.4 is 13.8 Å². The molecule has 0 radical (unpaired) electrons. The van der Waals surface area contributed by atoms with E-state index < -0.39 is 22.5 Å². The second kappa shape index (κ2) is 7.43. The predicted molar refractivity (Wildman–Crippen MR) is 92.9 cm³/mol. The molecule has 0 bridgehead atoms. The standard InChI is InChI=1S/C17H19NO6S/c1-12-10-15(8-9-16(12)24-3)25(21,22)18(11-17(19)20)13-4-6-14(23-2)7-5-13/h4-10H,11H2,1-3H3,(H,19,20). The zero-order valence-electron chi connectivity index (χ0n) is 14.1.